The zero-order valence-corrected chi connectivity index (χ0v) is 27.7. The van der Waals surface area contributed by atoms with Crippen molar-refractivity contribution in [1.29, 1.82) is 0 Å². The van der Waals surface area contributed by atoms with Gasteiger partial charge >= 0.3 is 0 Å². The van der Waals surface area contributed by atoms with Crippen LogP contribution in [0.4, 0.5) is 0 Å². The molecule has 0 saturated carbocycles. The Kier molecular flexibility index (Phi) is 5.86. The van der Waals surface area contributed by atoms with Crippen LogP contribution in [-0.2, 0) is 0 Å². The molecule has 0 aliphatic rings. The van der Waals surface area contributed by atoms with Gasteiger partial charge in [0.25, 0.3) is 0 Å². The van der Waals surface area contributed by atoms with Crippen LogP contribution in [0.1, 0.15) is 0 Å². The molecule has 0 spiro atoms. The second-order valence-corrected chi connectivity index (χ2v) is 14.1. The minimum atomic E-state index is 0.930. The number of benzene rings is 8. The lowest BCUT2D eigenvalue weighted by molar-refractivity contribution is 0.669. The molecule has 0 saturated heterocycles. The minimum Gasteiger partial charge on any atom is -0.456 e. The largest absolute Gasteiger partial charge is 0.456 e. The molecule has 0 aliphatic heterocycles. The molecule has 3 heterocycles. The Morgan fingerprint density at radius 1 is 0.420 bits per heavy atom. The van der Waals surface area contributed by atoms with Crippen LogP contribution in [-0.4, -0.2) is 4.98 Å². The molecule has 0 atom stereocenters. The average molecular weight is 654 g/mol. The third kappa shape index (κ3) is 3.98. The maximum atomic E-state index is 6.32. The van der Waals surface area contributed by atoms with E-state index in [9.17, 15) is 0 Å². The van der Waals surface area contributed by atoms with Crippen molar-refractivity contribution in [2.75, 3.05) is 0 Å². The molecule has 0 fully saturated rings. The van der Waals surface area contributed by atoms with E-state index >= 15 is 0 Å². The van der Waals surface area contributed by atoms with Crippen molar-refractivity contribution in [3.8, 4) is 33.4 Å². The summed E-state index contributed by atoms with van der Waals surface area (Å²) in [6.45, 7) is 0. The van der Waals surface area contributed by atoms with Crippen molar-refractivity contribution in [2.24, 2.45) is 0 Å². The molecule has 0 amide bonds. The number of hydrogen-bond donors (Lipinski definition) is 0. The molecule has 2 nitrogen and oxygen atoms in total. The van der Waals surface area contributed by atoms with Crippen molar-refractivity contribution < 1.29 is 4.42 Å². The molecule has 0 aliphatic carbocycles. The first kappa shape index (κ1) is 27.6. The molecule has 3 heteroatoms. The van der Waals surface area contributed by atoms with Crippen LogP contribution in [0.2, 0.25) is 0 Å². The third-order valence-electron chi connectivity index (χ3n) is 10.3. The smallest absolute Gasteiger partial charge is 0.136 e. The number of hydrogen-bond acceptors (Lipinski definition) is 3. The molecule has 0 bridgehead atoms. The van der Waals surface area contributed by atoms with Gasteiger partial charge in [0, 0.05) is 48.1 Å². The van der Waals surface area contributed by atoms with Crippen molar-refractivity contribution in [3.63, 3.8) is 0 Å². The lowest BCUT2D eigenvalue weighted by atomic mass is 9.85. The summed E-state index contributed by atoms with van der Waals surface area (Å²) in [5.74, 6) is 0. The van der Waals surface area contributed by atoms with E-state index in [1.807, 2.05) is 29.7 Å². The first-order valence-corrected chi connectivity index (χ1v) is 17.8. The number of rotatable bonds is 3. The van der Waals surface area contributed by atoms with E-state index in [-0.39, 0.29) is 0 Å². The van der Waals surface area contributed by atoms with E-state index in [1.54, 1.807) is 0 Å². The number of thiophene rings is 1. The molecule has 11 rings (SSSR count). The second kappa shape index (κ2) is 10.6. The number of furan rings is 1. The lowest BCUT2D eigenvalue weighted by Crippen LogP contribution is -1.91. The summed E-state index contributed by atoms with van der Waals surface area (Å²) < 4.78 is 8.88. The number of nitrogens with zero attached hydrogens (tertiary/aromatic N) is 1. The molecular formula is C47H27NOS. The Bertz CT molecular complexity index is 3090. The van der Waals surface area contributed by atoms with E-state index in [1.165, 1.54) is 80.3 Å². The van der Waals surface area contributed by atoms with E-state index in [0.717, 1.165) is 27.6 Å². The van der Waals surface area contributed by atoms with Gasteiger partial charge in [-0.05, 0) is 85.8 Å². The van der Waals surface area contributed by atoms with Gasteiger partial charge in [0.15, 0.2) is 0 Å². The van der Waals surface area contributed by atoms with Crippen molar-refractivity contribution in [3.05, 3.63) is 164 Å². The van der Waals surface area contributed by atoms with Crippen LogP contribution >= 0.6 is 11.3 Å². The Morgan fingerprint density at radius 2 is 1.04 bits per heavy atom. The normalized spacial score (nSPS) is 12.0. The number of aromatic nitrogens is 1. The van der Waals surface area contributed by atoms with Gasteiger partial charge in [-0.3, -0.25) is 4.98 Å². The van der Waals surface area contributed by atoms with Crippen LogP contribution in [0.15, 0.2) is 168 Å². The molecule has 8 aromatic carbocycles. The average Bonchev–Trinajstić information content (AvgIpc) is 3.74. The Hall–Kier alpha value is -6.29. The summed E-state index contributed by atoms with van der Waals surface area (Å²) in [5.41, 5.74) is 10.2. The number of pyridine rings is 1. The summed E-state index contributed by atoms with van der Waals surface area (Å²) in [4.78, 5) is 4.71. The lowest BCUT2D eigenvalue weighted by Gasteiger charge is -2.18. The first-order valence-electron chi connectivity index (χ1n) is 16.9. The Balaban J connectivity index is 1.15. The van der Waals surface area contributed by atoms with Crippen LogP contribution < -0.4 is 0 Å². The fraction of sp³-hybridized carbons (Fsp3) is 0. The van der Waals surface area contributed by atoms with Crippen molar-refractivity contribution in [1.82, 2.24) is 4.98 Å². The number of para-hydroxylation sites is 2. The van der Waals surface area contributed by atoms with Crippen molar-refractivity contribution >= 4 is 85.9 Å². The third-order valence-corrected chi connectivity index (χ3v) is 11.4. The molecule has 3 aromatic heterocycles. The highest BCUT2D eigenvalue weighted by atomic mass is 32.1. The highest BCUT2D eigenvalue weighted by Crippen LogP contribution is 2.47. The summed E-state index contributed by atoms with van der Waals surface area (Å²) in [5, 5.41) is 11.1. The maximum Gasteiger partial charge on any atom is 0.136 e. The molecule has 0 radical (unpaired) electrons. The van der Waals surface area contributed by atoms with E-state index < -0.39 is 0 Å². The first-order chi connectivity index (χ1) is 24.8. The molecule has 0 unspecified atom stereocenters. The number of fused-ring (bicyclic) bond motifs is 10. The molecule has 11 aromatic rings. The van der Waals surface area contributed by atoms with Gasteiger partial charge in [-0.1, -0.05) is 121 Å². The van der Waals surface area contributed by atoms with Crippen LogP contribution in [0.5, 0.6) is 0 Å². The topological polar surface area (TPSA) is 26.0 Å². The summed E-state index contributed by atoms with van der Waals surface area (Å²) in [7, 11) is 0. The van der Waals surface area contributed by atoms with Crippen LogP contribution in [0.25, 0.3) is 108 Å². The second-order valence-electron chi connectivity index (χ2n) is 13.0. The molecular weight excluding hydrogens is 627 g/mol. The fourth-order valence-corrected chi connectivity index (χ4v) is 9.24. The predicted octanol–water partition coefficient (Wildman–Crippen LogP) is 13.8. The van der Waals surface area contributed by atoms with Gasteiger partial charge in [0.1, 0.15) is 11.2 Å². The Morgan fingerprint density at radius 3 is 1.80 bits per heavy atom. The standard InChI is InChI=1S/C47H27NOS/c1-3-13-35-33(11-1)43(29-20-18-28(19-21-29)32-16-7-9-30-10-8-26-48-47(30)32)34-12-2-4-14-36(34)44(35)31-22-24-41-38(27-31)46-42(50-41)25-23-40-45(46)37-15-5-6-17-39(37)49-40/h1-27H. The van der Waals surface area contributed by atoms with Crippen LogP contribution in [0, 0.1) is 0 Å². The minimum absolute atomic E-state index is 0.930. The van der Waals surface area contributed by atoms with E-state index in [0.29, 0.717) is 0 Å². The predicted molar refractivity (Wildman–Crippen MR) is 213 cm³/mol. The quantitative estimate of drug-likeness (QED) is 0.177. The van der Waals surface area contributed by atoms with Gasteiger partial charge in [-0.15, -0.1) is 11.3 Å². The molecule has 0 N–H and O–H groups in total. The Labute approximate surface area is 291 Å². The highest BCUT2D eigenvalue weighted by Gasteiger charge is 2.19. The van der Waals surface area contributed by atoms with E-state index in [4.69, 9.17) is 9.40 Å². The zero-order valence-electron chi connectivity index (χ0n) is 26.9. The van der Waals surface area contributed by atoms with Crippen molar-refractivity contribution in [2.45, 2.75) is 0 Å². The molecule has 232 valence electrons. The maximum absolute atomic E-state index is 6.32. The van der Waals surface area contributed by atoms with Gasteiger partial charge in [0.2, 0.25) is 0 Å². The monoisotopic (exact) mass is 653 g/mol. The van der Waals surface area contributed by atoms with Gasteiger partial charge in [0.05, 0.1) is 5.52 Å². The highest BCUT2D eigenvalue weighted by molar-refractivity contribution is 7.26. The van der Waals surface area contributed by atoms with Crippen LogP contribution in [0.3, 0.4) is 0 Å². The fourth-order valence-electron chi connectivity index (χ4n) is 8.14. The van der Waals surface area contributed by atoms with Gasteiger partial charge < -0.3 is 4.42 Å². The van der Waals surface area contributed by atoms with Gasteiger partial charge in [-0.25, -0.2) is 0 Å². The summed E-state index contributed by atoms with van der Waals surface area (Å²) >= 11 is 1.85. The SMILES string of the molecule is c1cnc2c(-c3ccc(-c4c5ccccc5c(-c5ccc6sc7ccc8oc9ccccc9c8c7c6c5)c5ccccc45)cc3)cccc2c1. The van der Waals surface area contributed by atoms with Gasteiger partial charge in [-0.2, -0.15) is 0 Å². The van der Waals surface area contributed by atoms with E-state index in [2.05, 4.69) is 146 Å². The summed E-state index contributed by atoms with van der Waals surface area (Å²) in [6, 6.07) is 57.1. The summed E-state index contributed by atoms with van der Waals surface area (Å²) in [6.07, 6.45) is 1.87. The molecule has 50 heavy (non-hydrogen) atoms. The zero-order chi connectivity index (χ0) is 32.8.